The van der Waals surface area contributed by atoms with E-state index < -0.39 is 65.8 Å². The number of aliphatic hydroxyl groups is 2. The molecule has 0 bridgehead atoms. The van der Waals surface area contributed by atoms with Gasteiger partial charge in [-0.3, -0.25) is 47.7 Å². The monoisotopic (exact) mass is 1750 g/mol. The number of hydrogen-bond acceptors (Lipinski definition) is 20. The van der Waals surface area contributed by atoms with Crippen LogP contribution in [-0.2, 0) is 42.2 Å². The fourth-order valence-corrected chi connectivity index (χ4v) is 18.7. The van der Waals surface area contributed by atoms with Crippen LogP contribution in [-0.4, -0.2) is 124 Å². The maximum Gasteiger partial charge on any atom is 0.379 e. The van der Waals surface area contributed by atoms with E-state index in [1.165, 1.54) is 44.2 Å². The van der Waals surface area contributed by atoms with Crippen molar-refractivity contribution in [1.82, 2.24) is 0 Å². The molecule has 1 saturated carbocycles. The molecule has 0 heterocycles. The topological polar surface area (TPSA) is 309 Å². The Bertz CT molecular complexity index is 5520. The van der Waals surface area contributed by atoms with Gasteiger partial charge in [0.25, 0.3) is 17.1 Å². The van der Waals surface area contributed by atoms with Crippen LogP contribution in [0.4, 0.5) is 0 Å². The first-order valence-corrected chi connectivity index (χ1v) is 44.8. The van der Waals surface area contributed by atoms with Gasteiger partial charge in [0.2, 0.25) is 24.0 Å². The molecule has 658 valence electrons. The minimum Gasteiger partial charge on any atom is -0.493 e. The smallest absolute Gasteiger partial charge is 0.379 e. The number of ketones is 6. The molecule has 0 amide bonds. The van der Waals surface area contributed by atoms with Crippen LogP contribution in [0.3, 0.4) is 0 Å². The summed E-state index contributed by atoms with van der Waals surface area (Å²) < 4.78 is 53.4. The Morgan fingerprint density at radius 1 is 0.465 bits per heavy atom. The van der Waals surface area contributed by atoms with Gasteiger partial charge in [-0.15, -0.1) is 0 Å². The summed E-state index contributed by atoms with van der Waals surface area (Å²) in [5.41, 5.74) is 7.87. The van der Waals surface area contributed by atoms with Crippen LogP contribution in [0, 0.1) is 68.4 Å². The lowest BCUT2D eigenvalue weighted by molar-refractivity contribution is -0.141. The molecule has 0 saturated heterocycles. The van der Waals surface area contributed by atoms with E-state index in [-0.39, 0.29) is 85.6 Å². The van der Waals surface area contributed by atoms with Crippen LogP contribution in [0.2, 0.25) is 0 Å². The van der Waals surface area contributed by atoms with Crippen molar-refractivity contribution in [1.29, 1.82) is 0 Å². The standard InChI is InChI=1S/C26H27O3P.C20H18O7.C18H21O3P.C15H18O4.C13H16O2.C13H9O/c1-16-12-18(3)23(19(4)13-16)25(27)30(29,22-10-8-7-9-11-22)26(28)24-20(5)14-17(2)15-21(24)6;21-17(15-7-3-1-4-8-15)19(23)26-13-11-25-12-14-27-20(24)18(22)16-9-5-2-6-10-16;1-5-21-22(20,16-9-7-6-8-10-16)18(19)17-14(3)11-13(2)12-15(17)4;1-4-12(16)9-10-19-13-7-5-11(6-8-13)14(17)15(2,3)18;14-12(11-7-3-1-4-8-11)13(15)9-5-2-6-10-13;14-13(11-7-3-1-4-8-11)12-9-5-2-6-10-12/h7-15H,1-6H3;1-10H,11-14H2;6-12H,5H2,1-4H3;4-8,18H,1,9-10H2,2-3H3;1,3-4,7-8,15H,2,5-6,9-10H2;1,3-10H/q;;;;;+1. The minimum absolute atomic E-state index is 0.0258. The molecule has 0 spiro atoms. The number of ether oxygens (including phenoxy) is 4. The molecule has 22 heteroatoms. The van der Waals surface area contributed by atoms with Gasteiger partial charge < -0.3 is 38.2 Å². The minimum atomic E-state index is -4.11. The maximum absolute atomic E-state index is 14.5. The highest BCUT2D eigenvalue weighted by Crippen LogP contribution is 2.53. The summed E-state index contributed by atoms with van der Waals surface area (Å²) in [6, 6.07) is 69.5. The molecule has 1 unspecified atom stereocenters. The predicted molar refractivity (Wildman–Crippen MR) is 495 cm³/mol. The van der Waals surface area contributed by atoms with E-state index in [2.05, 4.69) is 12.7 Å². The summed E-state index contributed by atoms with van der Waals surface area (Å²) in [6.07, 6.45) is 15.7. The van der Waals surface area contributed by atoms with E-state index in [1.807, 2.05) is 153 Å². The molecular weight excluding hydrogens is 1640 g/mol. The largest absolute Gasteiger partial charge is 0.493 e. The molecule has 1 atom stereocenters. The third-order valence-corrected chi connectivity index (χ3v) is 25.1. The van der Waals surface area contributed by atoms with Crippen molar-refractivity contribution in [2.45, 2.75) is 133 Å². The molecule has 0 aromatic heterocycles. The van der Waals surface area contributed by atoms with Gasteiger partial charge in [-0.1, -0.05) is 249 Å². The molecule has 2 N–H and O–H groups in total. The highest BCUT2D eigenvalue weighted by molar-refractivity contribution is 8.01. The van der Waals surface area contributed by atoms with Gasteiger partial charge in [-0.2, -0.15) is 0 Å². The Morgan fingerprint density at radius 3 is 1.22 bits per heavy atom. The number of aryl methyl sites for hydroxylation is 9. The van der Waals surface area contributed by atoms with E-state index >= 15 is 0 Å². The van der Waals surface area contributed by atoms with Gasteiger partial charge in [0, 0.05) is 67.6 Å². The number of allylic oxidation sites excluding steroid dienone is 7. The first-order chi connectivity index (χ1) is 60.5. The zero-order valence-corrected chi connectivity index (χ0v) is 75.6. The normalized spacial score (nSPS) is 12.6. The first-order valence-electron chi connectivity index (χ1n) is 41.5. The lowest BCUT2D eigenvalue weighted by Crippen LogP contribution is -2.40. The molecule has 10 aromatic carbocycles. The number of esters is 2. The third-order valence-electron chi connectivity index (χ3n) is 20.1. The summed E-state index contributed by atoms with van der Waals surface area (Å²) in [4.78, 5) is 134. The van der Waals surface area contributed by atoms with Gasteiger partial charge in [0.15, 0.2) is 17.3 Å². The number of hydrogen-bond donors (Lipinski definition) is 2. The second kappa shape index (κ2) is 49.2. The van der Waals surface area contributed by atoms with Crippen LogP contribution in [0.1, 0.15) is 192 Å². The van der Waals surface area contributed by atoms with Gasteiger partial charge in [0.05, 0.1) is 38.6 Å². The first kappa shape index (κ1) is 101. The van der Waals surface area contributed by atoms with Crippen molar-refractivity contribution >= 4 is 88.3 Å². The SMILES string of the molecule is C=CC(=O)CCOc1ccc(C(=O)C(C)(C)O)cc1.CCOP(=O)(C(=O)c1c(C)cc(C)cc1C)c1ccccc1.Cc1cc(C)c(C(=O)P(=O)(C(=O)c2c(C)cc(C)cc2C)c2ccccc2)c(C)c1.O=C(C1=CC=[C+]C=C1)c1ccccc1.O=C(OCCOCCOC(=O)C(=O)c1ccccc1)C(=O)c1ccccc1.O=C(c1ccccc1)C1(O)CCCCC1. The fraction of sp³-hybridized carbons (Fsp3) is 0.248. The summed E-state index contributed by atoms with van der Waals surface area (Å²) in [5.74, 6) is -3.30. The molecule has 12 rings (SSSR count). The van der Waals surface area contributed by atoms with E-state index in [9.17, 15) is 72.1 Å². The summed E-state index contributed by atoms with van der Waals surface area (Å²) >= 11 is 0. The Balaban J connectivity index is 0.000000213. The third kappa shape index (κ3) is 29.1. The van der Waals surface area contributed by atoms with Crippen molar-refractivity contribution in [3.8, 4) is 5.75 Å². The Labute approximate surface area is 743 Å². The molecule has 127 heavy (non-hydrogen) atoms. The second-order valence-corrected chi connectivity index (χ2v) is 35.5. The fourth-order valence-electron chi connectivity index (χ4n) is 14.0. The number of benzene rings is 10. The molecule has 0 aliphatic heterocycles. The number of carbonyl (C=O) groups is 11. The van der Waals surface area contributed by atoms with Gasteiger partial charge in [0.1, 0.15) is 47.9 Å². The molecule has 2 aliphatic carbocycles. The van der Waals surface area contributed by atoms with Crippen molar-refractivity contribution in [3.05, 3.63) is 386 Å². The average Bonchev–Trinajstić information content (AvgIpc) is 0.747. The maximum atomic E-state index is 14.5. The molecule has 2 aliphatic rings. The van der Waals surface area contributed by atoms with E-state index in [0.717, 1.165) is 74.9 Å². The lowest BCUT2D eigenvalue weighted by atomic mass is 9.79. The molecular formula is C105H109O20P2+. The second-order valence-electron chi connectivity index (χ2n) is 30.7. The van der Waals surface area contributed by atoms with Crippen molar-refractivity contribution in [2.24, 2.45) is 0 Å². The summed E-state index contributed by atoms with van der Waals surface area (Å²) in [5, 5.41) is 20.6. The Morgan fingerprint density at radius 2 is 0.843 bits per heavy atom. The van der Waals surface area contributed by atoms with Crippen molar-refractivity contribution in [2.75, 3.05) is 39.6 Å². The highest BCUT2D eigenvalue weighted by Gasteiger charge is 2.45. The number of Topliss-reactive ketones (excluding diaryl/α,β-unsaturated/α-hetero) is 5. The van der Waals surface area contributed by atoms with Crippen molar-refractivity contribution in [3.63, 3.8) is 0 Å². The van der Waals surface area contributed by atoms with Crippen LogP contribution >= 0.6 is 14.5 Å². The van der Waals surface area contributed by atoms with E-state index in [4.69, 9.17) is 23.5 Å². The van der Waals surface area contributed by atoms with Gasteiger partial charge >= 0.3 is 19.3 Å². The summed E-state index contributed by atoms with van der Waals surface area (Å²) in [6.45, 7) is 25.3. The zero-order chi connectivity index (χ0) is 93.0. The number of carbonyl (C=O) groups excluding carboxylic acids is 11. The predicted octanol–water partition coefficient (Wildman–Crippen LogP) is 19.9. The number of rotatable bonds is 31. The van der Waals surface area contributed by atoms with Crippen molar-refractivity contribution < 1.29 is 95.6 Å². The average molecular weight is 1750 g/mol. The van der Waals surface area contributed by atoms with Crippen LogP contribution < -0.4 is 15.3 Å². The van der Waals surface area contributed by atoms with Crippen LogP contribution in [0.15, 0.2) is 285 Å². The van der Waals surface area contributed by atoms with Gasteiger partial charge in [-0.05, 0) is 172 Å². The Kier molecular flexibility index (Phi) is 39.2. The molecule has 10 aromatic rings. The molecule has 0 radical (unpaired) electrons. The summed E-state index contributed by atoms with van der Waals surface area (Å²) in [7, 11) is -7.71. The highest BCUT2D eigenvalue weighted by atomic mass is 31.2. The molecule has 20 nitrogen and oxygen atoms in total. The quantitative estimate of drug-likeness (QED) is 0.00775. The van der Waals surface area contributed by atoms with Gasteiger partial charge in [-0.25, -0.2) is 9.59 Å². The Hall–Kier alpha value is -12.9. The van der Waals surface area contributed by atoms with Crippen LogP contribution in [0.5, 0.6) is 5.75 Å². The lowest BCUT2D eigenvalue weighted by Gasteiger charge is -2.30. The van der Waals surface area contributed by atoms with E-state index in [1.54, 1.807) is 159 Å². The van der Waals surface area contributed by atoms with Crippen LogP contribution in [0.25, 0.3) is 0 Å². The zero-order valence-electron chi connectivity index (χ0n) is 73.8. The van der Waals surface area contributed by atoms with E-state index in [0.29, 0.717) is 57.3 Å². The molecule has 1 fully saturated rings.